The second kappa shape index (κ2) is 8.55. The van der Waals surface area contributed by atoms with Gasteiger partial charge < -0.3 is 14.6 Å². The van der Waals surface area contributed by atoms with Gasteiger partial charge in [0.25, 0.3) is 5.91 Å². The van der Waals surface area contributed by atoms with E-state index in [1.54, 1.807) is 49.4 Å². The van der Waals surface area contributed by atoms with Crippen LogP contribution in [0.5, 0.6) is 0 Å². The molecule has 0 unspecified atom stereocenters. The molecule has 1 aliphatic heterocycles. The van der Waals surface area contributed by atoms with Crippen molar-refractivity contribution in [2.24, 2.45) is 0 Å². The number of aromatic nitrogens is 1. The third-order valence-corrected chi connectivity index (χ3v) is 5.30. The van der Waals surface area contributed by atoms with Crippen LogP contribution in [0, 0.1) is 13.8 Å². The first kappa shape index (κ1) is 21.1. The maximum atomic E-state index is 12.9. The highest BCUT2D eigenvalue weighted by Crippen LogP contribution is 2.26. The van der Waals surface area contributed by atoms with Crippen LogP contribution in [0.4, 0.5) is 10.5 Å². The van der Waals surface area contributed by atoms with Crippen LogP contribution in [-0.2, 0) is 9.53 Å². The lowest BCUT2D eigenvalue weighted by Crippen LogP contribution is -2.30. The maximum absolute atomic E-state index is 12.9. The number of amides is 3. The number of imide groups is 1. The van der Waals surface area contributed by atoms with Crippen LogP contribution in [0.25, 0.3) is 11.8 Å². The van der Waals surface area contributed by atoms with Gasteiger partial charge in [0.1, 0.15) is 5.70 Å². The molecule has 0 spiro atoms. The number of aryl methyl sites for hydroxylation is 1. The molecule has 3 aromatic rings. The van der Waals surface area contributed by atoms with Crippen molar-refractivity contribution < 1.29 is 19.1 Å². The van der Waals surface area contributed by atoms with E-state index >= 15 is 0 Å². The van der Waals surface area contributed by atoms with Crippen molar-refractivity contribution >= 4 is 29.7 Å². The summed E-state index contributed by atoms with van der Waals surface area (Å²) in [7, 11) is 0. The van der Waals surface area contributed by atoms with Gasteiger partial charge in [-0.25, -0.2) is 14.5 Å². The fraction of sp³-hybridized carbons (Fsp3) is 0.160. The van der Waals surface area contributed by atoms with Gasteiger partial charge in [-0.3, -0.25) is 4.79 Å². The molecule has 0 saturated carbocycles. The number of urea groups is 1. The van der Waals surface area contributed by atoms with Gasteiger partial charge in [0.2, 0.25) is 0 Å². The van der Waals surface area contributed by atoms with Gasteiger partial charge in [-0.1, -0.05) is 18.2 Å². The van der Waals surface area contributed by atoms with E-state index in [2.05, 4.69) is 5.32 Å². The molecule has 2 heterocycles. The van der Waals surface area contributed by atoms with E-state index in [-0.39, 0.29) is 11.7 Å². The van der Waals surface area contributed by atoms with Gasteiger partial charge in [0.05, 0.1) is 17.9 Å². The molecule has 1 fully saturated rings. The van der Waals surface area contributed by atoms with E-state index in [4.69, 9.17) is 4.74 Å². The summed E-state index contributed by atoms with van der Waals surface area (Å²) in [4.78, 5) is 38.3. The fourth-order valence-electron chi connectivity index (χ4n) is 3.79. The van der Waals surface area contributed by atoms with Crippen molar-refractivity contribution in [3.63, 3.8) is 0 Å². The molecule has 1 aliphatic rings. The first-order valence-corrected chi connectivity index (χ1v) is 10.3. The van der Waals surface area contributed by atoms with Gasteiger partial charge >= 0.3 is 12.0 Å². The number of hydrogen-bond acceptors (Lipinski definition) is 4. The molecule has 2 aromatic carbocycles. The first-order chi connectivity index (χ1) is 15.4. The Balaban J connectivity index is 1.64. The number of anilines is 1. The Morgan fingerprint density at radius 2 is 1.69 bits per heavy atom. The summed E-state index contributed by atoms with van der Waals surface area (Å²) < 4.78 is 7.06. The van der Waals surface area contributed by atoms with Crippen LogP contribution in [0.3, 0.4) is 0 Å². The highest BCUT2D eigenvalue weighted by Gasteiger charge is 2.34. The largest absolute Gasteiger partial charge is 0.462 e. The lowest BCUT2D eigenvalue weighted by atomic mass is 10.2. The predicted molar refractivity (Wildman–Crippen MR) is 122 cm³/mol. The van der Waals surface area contributed by atoms with Crippen molar-refractivity contribution in [1.29, 1.82) is 0 Å². The van der Waals surface area contributed by atoms with Gasteiger partial charge in [0, 0.05) is 17.1 Å². The molecule has 0 radical (unpaired) electrons. The number of carbonyl (C=O) groups is 3. The van der Waals surface area contributed by atoms with E-state index < -0.39 is 11.9 Å². The molecule has 0 aliphatic carbocycles. The normalized spacial score (nSPS) is 14.7. The number of carbonyl (C=O) groups excluding carboxylic acids is 3. The molecular formula is C25H23N3O4. The average molecular weight is 429 g/mol. The molecule has 162 valence electrons. The molecule has 1 N–H and O–H groups in total. The van der Waals surface area contributed by atoms with Crippen molar-refractivity contribution in [3.05, 3.63) is 88.9 Å². The summed E-state index contributed by atoms with van der Waals surface area (Å²) in [6.07, 6.45) is 1.69. The zero-order chi connectivity index (χ0) is 22.8. The van der Waals surface area contributed by atoms with Gasteiger partial charge in [-0.05, 0) is 74.9 Å². The minimum Gasteiger partial charge on any atom is -0.462 e. The number of esters is 1. The number of rotatable bonds is 5. The molecule has 1 aromatic heterocycles. The Bertz CT molecular complexity index is 1220. The summed E-state index contributed by atoms with van der Waals surface area (Å²) >= 11 is 0. The molecule has 1 saturated heterocycles. The highest BCUT2D eigenvalue weighted by molar-refractivity contribution is 6.28. The number of nitrogens with one attached hydrogen (secondary N) is 1. The third kappa shape index (κ3) is 3.80. The molecule has 7 nitrogen and oxygen atoms in total. The summed E-state index contributed by atoms with van der Waals surface area (Å²) in [6, 6.07) is 17.4. The van der Waals surface area contributed by atoms with E-state index in [9.17, 15) is 14.4 Å². The van der Waals surface area contributed by atoms with Gasteiger partial charge in [-0.2, -0.15) is 0 Å². The van der Waals surface area contributed by atoms with Crippen molar-refractivity contribution in [3.8, 4) is 5.69 Å². The molecule has 32 heavy (non-hydrogen) atoms. The summed E-state index contributed by atoms with van der Waals surface area (Å²) in [6.45, 7) is 5.99. The second-order valence-corrected chi connectivity index (χ2v) is 7.39. The Morgan fingerprint density at radius 1 is 1.00 bits per heavy atom. The highest BCUT2D eigenvalue weighted by atomic mass is 16.5. The maximum Gasteiger partial charge on any atom is 0.338 e. The van der Waals surface area contributed by atoms with Crippen LogP contribution in [0.1, 0.15) is 34.2 Å². The van der Waals surface area contributed by atoms with Crippen LogP contribution in [-0.4, -0.2) is 29.1 Å². The summed E-state index contributed by atoms with van der Waals surface area (Å²) in [5.41, 5.74) is 4.78. The SMILES string of the molecule is CCOC(=O)c1ccc(-n2c(C)cc(/C=C3/NC(=O)N(c4ccccc4)C3=O)c2C)cc1. The number of hydrogen-bond donors (Lipinski definition) is 1. The van der Waals surface area contributed by atoms with E-state index in [1.807, 2.05) is 42.7 Å². The zero-order valence-corrected chi connectivity index (χ0v) is 18.1. The Labute approximate surface area is 185 Å². The quantitative estimate of drug-likeness (QED) is 0.371. The Kier molecular flexibility index (Phi) is 5.64. The van der Waals surface area contributed by atoms with Crippen molar-refractivity contribution in [2.45, 2.75) is 20.8 Å². The van der Waals surface area contributed by atoms with Crippen LogP contribution >= 0.6 is 0 Å². The molecule has 4 rings (SSSR count). The van der Waals surface area contributed by atoms with Crippen LogP contribution < -0.4 is 10.2 Å². The van der Waals surface area contributed by atoms with Crippen LogP contribution in [0.2, 0.25) is 0 Å². The predicted octanol–water partition coefficient (Wildman–Crippen LogP) is 4.37. The Hall–Kier alpha value is -4.13. The van der Waals surface area contributed by atoms with Crippen LogP contribution in [0.15, 0.2) is 66.4 Å². The lowest BCUT2D eigenvalue weighted by molar-refractivity contribution is -0.113. The molecule has 0 atom stereocenters. The van der Waals surface area contributed by atoms with Gasteiger partial charge in [0.15, 0.2) is 0 Å². The lowest BCUT2D eigenvalue weighted by Gasteiger charge is -2.11. The summed E-state index contributed by atoms with van der Waals surface area (Å²) in [5, 5.41) is 2.67. The average Bonchev–Trinajstić information content (AvgIpc) is 3.23. The molecule has 0 bridgehead atoms. The molecular weight excluding hydrogens is 406 g/mol. The smallest absolute Gasteiger partial charge is 0.338 e. The first-order valence-electron chi connectivity index (χ1n) is 10.3. The molecule has 7 heteroatoms. The van der Waals surface area contributed by atoms with E-state index in [0.717, 1.165) is 27.5 Å². The Morgan fingerprint density at radius 3 is 2.34 bits per heavy atom. The monoisotopic (exact) mass is 429 g/mol. The summed E-state index contributed by atoms with van der Waals surface area (Å²) in [5.74, 6) is -0.756. The number of benzene rings is 2. The van der Waals surface area contributed by atoms with Gasteiger partial charge in [-0.15, -0.1) is 0 Å². The molecule has 3 amide bonds. The van der Waals surface area contributed by atoms with E-state index in [1.165, 1.54) is 0 Å². The van der Waals surface area contributed by atoms with Crippen molar-refractivity contribution in [2.75, 3.05) is 11.5 Å². The number of para-hydroxylation sites is 1. The topological polar surface area (TPSA) is 80.6 Å². The minimum atomic E-state index is -0.476. The minimum absolute atomic E-state index is 0.219. The standard InChI is InChI=1S/C25H23N3O4/c1-4-32-24(30)18-10-12-21(13-11-18)27-16(2)14-19(17(27)3)15-22-23(29)28(25(31)26-22)20-8-6-5-7-9-20/h5-15H,4H2,1-3H3,(H,26,31)/b22-15+. The fourth-order valence-corrected chi connectivity index (χ4v) is 3.79. The van der Waals surface area contributed by atoms with E-state index in [0.29, 0.717) is 17.9 Å². The number of nitrogens with zero attached hydrogens (tertiary/aromatic N) is 2. The zero-order valence-electron chi connectivity index (χ0n) is 18.1. The number of ether oxygens (including phenoxy) is 1. The second-order valence-electron chi connectivity index (χ2n) is 7.39. The van der Waals surface area contributed by atoms with Crippen molar-refractivity contribution in [1.82, 2.24) is 9.88 Å². The third-order valence-electron chi connectivity index (χ3n) is 5.30.